The lowest BCUT2D eigenvalue weighted by atomic mass is 10.1. The minimum absolute atomic E-state index is 0.00548. The summed E-state index contributed by atoms with van der Waals surface area (Å²) in [5.74, 6) is -1.05. The predicted molar refractivity (Wildman–Crippen MR) is 73.1 cm³/mol. The normalized spacial score (nSPS) is 10.8. The second kappa shape index (κ2) is 4.47. The van der Waals surface area contributed by atoms with Gasteiger partial charge in [-0.3, -0.25) is 0 Å². The molecule has 94 valence electrons. The molecule has 0 saturated carbocycles. The van der Waals surface area contributed by atoms with Crippen molar-refractivity contribution >= 4 is 27.5 Å². The molecule has 0 fully saturated rings. The van der Waals surface area contributed by atoms with Crippen molar-refractivity contribution in [3.8, 4) is 11.3 Å². The zero-order valence-electron chi connectivity index (χ0n) is 9.62. The standard InChI is InChI=1S/C13H8BrN3O2/c14-9-3-1-8(2-4-9)11-7-10(13(18)19)16-12-5-6-15-17(11)12/h1-7H,(H,18,19). The third-order valence-corrected chi connectivity index (χ3v) is 3.25. The summed E-state index contributed by atoms with van der Waals surface area (Å²) in [6.07, 6.45) is 1.59. The predicted octanol–water partition coefficient (Wildman–Crippen LogP) is 2.86. The van der Waals surface area contributed by atoms with E-state index in [0.29, 0.717) is 11.3 Å². The number of benzene rings is 1. The van der Waals surface area contributed by atoms with Crippen molar-refractivity contribution in [2.45, 2.75) is 0 Å². The van der Waals surface area contributed by atoms with E-state index in [4.69, 9.17) is 5.11 Å². The molecular formula is C13H8BrN3O2. The van der Waals surface area contributed by atoms with Gasteiger partial charge >= 0.3 is 5.97 Å². The van der Waals surface area contributed by atoms with Crippen molar-refractivity contribution in [1.29, 1.82) is 0 Å². The second-order valence-electron chi connectivity index (χ2n) is 3.94. The van der Waals surface area contributed by atoms with Gasteiger partial charge in [0.2, 0.25) is 0 Å². The van der Waals surface area contributed by atoms with Crippen molar-refractivity contribution in [2.75, 3.05) is 0 Å². The first kappa shape index (κ1) is 11.9. The number of carboxylic acids is 1. The van der Waals surface area contributed by atoms with Crippen molar-refractivity contribution < 1.29 is 9.90 Å². The number of nitrogens with zero attached hydrogens (tertiary/aromatic N) is 3. The first-order valence-electron chi connectivity index (χ1n) is 5.49. The fraction of sp³-hybridized carbons (Fsp3) is 0. The largest absolute Gasteiger partial charge is 0.477 e. The third kappa shape index (κ3) is 2.10. The Kier molecular flexibility index (Phi) is 2.79. The van der Waals surface area contributed by atoms with Gasteiger partial charge < -0.3 is 5.11 Å². The second-order valence-corrected chi connectivity index (χ2v) is 4.86. The number of hydrogen-bond acceptors (Lipinski definition) is 3. The van der Waals surface area contributed by atoms with Crippen LogP contribution < -0.4 is 0 Å². The van der Waals surface area contributed by atoms with Gasteiger partial charge in [-0.05, 0) is 18.2 Å². The maximum absolute atomic E-state index is 11.1. The molecule has 0 atom stereocenters. The van der Waals surface area contributed by atoms with Gasteiger partial charge in [-0.25, -0.2) is 14.3 Å². The fourth-order valence-electron chi connectivity index (χ4n) is 1.85. The molecule has 2 aromatic heterocycles. The van der Waals surface area contributed by atoms with Crippen LogP contribution in [0.1, 0.15) is 10.5 Å². The van der Waals surface area contributed by atoms with E-state index in [1.807, 2.05) is 24.3 Å². The molecule has 3 rings (SSSR count). The van der Waals surface area contributed by atoms with Gasteiger partial charge in [0.05, 0.1) is 11.9 Å². The Labute approximate surface area is 116 Å². The molecule has 3 aromatic rings. The zero-order chi connectivity index (χ0) is 13.4. The van der Waals surface area contributed by atoms with Gasteiger partial charge in [0.25, 0.3) is 0 Å². The van der Waals surface area contributed by atoms with E-state index in [0.717, 1.165) is 10.0 Å². The lowest BCUT2D eigenvalue weighted by molar-refractivity contribution is 0.0690. The lowest BCUT2D eigenvalue weighted by Crippen LogP contribution is -2.05. The number of hydrogen-bond donors (Lipinski definition) is 1. The molecular weight excluding hydrogens is 310 g/mol. The molecule has 5 nitrogen and oxygen atoms in total. The summed E-state index contributed by atoms with van der Waals surface area (Å²) in [4.78, 5) is 15.1. The molecule has 0 saturated heterocycles. The van der Waals surface area contributed by atoms with E-state index >= 15 is 0 Å². The summed E-state index contributed by atoms with van der Waals surface area (Å²) in [5.41, 5.74) is 2.09. The average molecular weight is 318 g/mol. The molecule has 2 heterocycles. The Morgan fingerprint density at radius 3 is 2.63 bits per heavy atom. The highest BCUT2D eigenvalue weighted by atomic mass is 79.9. The molecule has 0 amide bonds. The van der Waals surface area contributed by atoms with Crippen LogP contribution >= 0.6 is 15.9 Å². The van der Waals surface area contributed by atoms with Crippen molar-refractivity contribution in [3.05, 3.63) is 52.8 Å². The summed E-state index contributed by atoms with van der Waals surface area (Å²) in [6.45, 7) is 0. The van der Waals surface area contributed by atoms with E-state index in [-0.39, 0.29) is 5.69 Å². The summed E-state index contributed by atoms with van der Waals surface area (Å²) in [7, 11) is 0. The van der Waals surface area contributed by atoms with E-state index in [1.165, 1.54) is 6.07 Å². The number of fused-ring (bicyclic) bond motifs is 1. The Morgan fingerprint density at radius 2 is 1.95 bits per heavy atom. The number of halogens is 1. The maximum Gasteiger partial charge on any atom is 0.354 e. The number of aromatic carboxylic acids is 1. The van der Waals surface area contributed by atoms with Crippen LogP contribution in [0.4, 0.5) is 0 Å². The van der Waals surface area contributed by atoms with Crippen LogP contribution in [0.3, 0.4) is 0 Å². The highest BCUT2D eigenvalue weighted by Gasteiger charge is 2.12. The molecule has 0 unspecified atom stereocenters. The van der Waals surface area contributed by atoms with Crippen molar-refractivity contribution in [3.63, 3.8) is 0 Å². The Morgan fingerprint density at radius 1 is 1.21 bits per heavy atom. The molecule has 1 N–H and O–H groups in total. The first-order chi connectivity index (χ1) is 9.15. The third-order valence-electron chi connectivity index (χ3n) is 2.72. The summed E-state index contributed by atoms with van der Waals surface area (Å²) < 4.78 is 2.58. The van der Waals surface area contributed by atoms with E-state index in [2.05, 4.69) is 26.0 Å². The Bertz CT molecular complexity index is 765. The summed E-state index contributed by atoms with van der Waals surface area (Å²) in [5, 5.41) is 13.3. The molecule has 19 heavy (non-hydrogen) atoms. The van der Waals surface area contributed by atoms with Crippen LogP contribution in [0.2, 0.25) is 0 Å². The van der Waals surface area contributed by atoms with Crippen molar-refractivity contribution in [1.82, 2.24) is 14.6 Å². The van der Waals surface area contributed by atoms with Crippen LogP contribution in [0, 0.1) is 0 Å². The highest BCUT2D eigenvalue weighted by molar-refractivity contribution is 9.10. The zero-order valence-corrected chi connectivity index (χ0v) is 11.2. The van der Waals surface area contributed by atoms with Gasteiger partial charge in [-0.1, -0.05) is 28.1 Å². The van der Waals surface area contributed by atoms with E-state index < -0.39 is 5.97 Å². The topological polar surface area (TPSA) is 67.5 Å². The number of carboxylic acid groups (broad SMARTS) is 1. The van der Waals surface area contributed by atoms with Gasteiger partial charge in [0, 0.05) is 16.1 Å². The highest BCUT2D eigenvalue weighted by Crippen LogP contribution is 2.23. The Hall–Kier alpha value is -2.21. The minimum Gasteiger partial charge on any atom is -0.477 e. The monoisotopic (exact) mass is 317 g/mol. The SMILES string of the molecule is O=C(O)c1cc(-c2ccc(Br)cc2)n2nccc2n1. The smallest absolute Gasteiger partial charge is 0.354 e. The van der Waals surface area contributed by atoms with Gasteiger partial charge in [-0.2, -0.15) is 5.10 Å². The molecule has 0 aliphatic heterocycles. The molecule has 0 radical (unpaired) electrons. The van der Waals surface area contributed by atoms with Gasteiger partial charge in [-0.15, -0.1) is 0 Å². The maximum atomic E-state index is 11.1. The number of aromatic nitrogens is 3. The molecule has 0 aliphatic rings. The van der Waals surface area contributed by atoms with Gasteiger partial charge in [0.15, 0.2) is 11.3 Å². The van der Waals surface area contributed by atoms with E-state index in [9.17, 15) is 4.79 Å². The summed E-state index contributed by atoms with van der Waals surface area (Å²) >= 11 is 3.37. The van der Waals surface area contributed by atoms with E-state index in [1.54, 1.807) is 16.8 Å². The van der Waals surface area contributed by atoms with Crippen molar-refractivity contribution in [2.24, 2.45) is 0 Å². The van der Waals surface area contributed by atoms with Crippen LogP contribution in [0.15, 0.2) is 47.1 Å². The van der Waals surface area contributed by atoms with Crippen LogP contribution in [0.25, 0.3) is 16.9 Å². The number of rotatable bonds is 2. The average Bonchev–Trinajstić information content (AvgIpc) is 2.86. The molecule has 1 aromatic carbocycles. The lowest BCUT2D eigenvalue weighted by Gasteiger charge is -2.06. The van der Waals surface area contributed by atoms with Crippen LogP contribution in [-0.2, 0) is 0 Å². The molecule has 0 bridgehead atoms. The van der Waals surface area contributed by atoms with Gasteiger partial charge in [0.1, 0.15) is 0 Å². The molecule has 0 aliphatic carbocycles. The first-order valence-corrected chi connectivity index (χ1v) is 6.28. The fourth-order valence-corrected chi connectivity index (χ4v) is 2.11. The van der Waals surface area contributed by atoms with Crippen LogP contribution in [-0.4, -0.2) is 25.7 Å². The molecule has 0 spiro atoms. The Balaban J connectivity index is 2.29. The van der Waals surface area contributed by atoms with Crippen LogP contribution in [0.5, 0.6) is 0 Å². The minimum atomic E-state index is -1.05. The molecule has 6 heteroatoms. The number of carbonyl (C=O) groups is 1. The summed E-state index contributed by atoms with van der Waals surface area (Å²) in [6, 6.07) is 10.8. The quantitative estimate of drug-likeness (QED) is 0.789.